The van der Waals surface area contributed by atoms with Crippen molar-refractivity contribution in [2.24, 2.45) is 0 Å². The molecule has 0 aromatic heterocycles. The SMILES string of the molecule is CCOC(=O)CN(CC)CCS(=O)(=O)c1ccc(Br)cc1. The largest absolute Gasteiger partial charge is 0.465 e. The summed E-state index contributed by atoms with van der Waals surface area (Å²) >= 11 is 3.27. The van der Waals surface area contributed by atoms with Crippen molar-refractivity contribution in [3.8, 4) is 0 Å². The van der Waals surface area contributed by atoms with Crippen LogP contribution in [0.1, 0.15) is 13.8 Å². The summed E-state index contributed by atoms with van der Waals surface area (Å²) in [5, 5.41) is 0. The topological polar surface area (TPSA) is 63.7 Å². The average molecular weight is 378 g/mol. The minimum Gasteiger partial charge on any atom is -0.465 e. The zero-order chi connectivity index (χ0) is 15.9. The van der Waals surface area contributed by atoms with Crippen LogP contribution >= 0.6 is 15.9 Å². The van der Waals surface area contributed by atoms with Crippen molar-refractivity contribution in [3.63, 3.8) is 0 Å². The number of ether oxygens (including phenoxy) is 1. The maximum atomic E-state index is 12.2. The molecule has 0 spiro atoms. The maximum Gasteiger partial charge on any atom is 0.320 e. The van der Waals surface area contributed by atoms with Crippen LogP contribution in [0.5, 0.6) is 0 Å². The monoisotopic (exact) mass is 377 g/mol. The van der Waals surface area contributed by atoms with Gasteiger partial charge in [-0.1, -0.05) is 22.9 Å². The lowest BCUT2D eigenvalue weighted by molar-refractivity contribution is -0.144. The van der Waals surface area contributed by atoms with E-state index in [-0.39, 0.29) is 23.2 Å². The summed E-state index contributed by atoms with van der Waals surface area (Å²) in [5.41, 5.74) is 0. The fourth-order valence-corrected chi connectivity index (χ4v) is 3.30. The zero-order valence-corrected chi connectivity index (χ0v) is 14.6. The van der Waals surface area contributed by atoms with E-state index in [0.29, 0.717) is 19.7 Å². The molecule has 0 aliphatic carbocycles. The Morgan fingerprint density at radius 3 is 2.38 bits per heavy atom. The molecule has 1 aromatic rings. The number of carbonyl (C=O) groups excluding carboxylic acids is 1. The van der Waals surface area contributed by atoms with E-state index < -0.39 is 9.84 Å². The molecule has 0 heterocycles. The van der Waals surface area contributed by atoms with Gasteiger partial charge in [0.25, 0.3) is 0 Å². The van der Waals surface area contributed by atoms with Gasteiger partial charge in [-0.15, -0.1) is 0 Å². The molecule has 21 heavy (non-hydrogen) atoms. The summed E-state index contributed by atoms with van der Waals surface area (Å²) in [5.74, 6) is -0.359. The second kappa shape index (κ2) is 8.51. The fourth-order valence-electron chi connectivity index (χ4n) is 1.75. The van der Waals surface area contributed by atoms with Gasteiger partial charge in [0, 0.05) is 11.0 Å². The molecule has 0 saturated carbocycles. The van der Waals surface area contributed by atoms with Crippen LogP contribution in [0.2, 0.25) is 0 Å². The number of carbonyl (C=O) groups is 1. The highest BCUT2D eigenvalue weighted by atomic mass is 79.9. The molecular formula is C14H20BrNO4S. The molecule has 5 nitrogen and oxygen atoms in total. The highest BCUT2D eigenvalue weighted by molar-refractivity contribution is 9.10. The molecule has 118 valence electrons. The van der Waals surface area contributed by atoms with Crippen LogP contribution in [0.15, 0.2) is 33.6 Å². The Morgan fingerprint density at radius 1 is 1.24 bits per heavy atom. The quantitative estimate of drug-likeness (QED) is 0.649. The number of nitrogens with zero attached hydrogens (tertiary/aromatic N) is 1. The van der Waals surface area contributed by atoms with E-state index in [2.05, 4.69) is 15.9 Å². The Balaban J connectivity index is 2.62. The summed E-state index contributed by atoms with van der Waals surface area (Å²) in [4.78, 5) is 13.5. The molecule has 0 fully saturated rings. The van der Waals surface area contributed by atoms with Crippen LogP contribution in [0, 0.1) is 0 Å². The van der Waals surface area contributed by atoms with E-state index >= 15 is 0 Å². The Kier molecular flexibility index (Phi) is 7.34. The maximum absolute atomic E-state index is 12.2. The van der Waals surface area contributed by atoms with Gasteiger partial charge in [0.2, 0.25) is 0 Å². The molecule has 0 atom stereocenters. The lowest BCUT2D eigenvalue weighted by Crippen LogP contribution is -2.34. The van der Waals surface area contributed by atoms with Crippen LogP contribution in [0.3, 0.4) is 0 Å². The predicted molar refractivity (Wildman–Crippen MR) is 84.9 cm³/mol. The molecular weight excluding hydrogens is 358 g/mol. The van der Waals surface area contributed by atoms with Crippen LogP contribution in [0.4, 0.5) is 0 Å². The second-order valence-electron chi connectivity index (χ2n) is 4.45. The average Bonchev–Trinajstić information content (AvgIpc) is 2.44. The van der Waals surface area contributed by atoms with Gasteiger partial charge in [0.15, 0.2) is 9.84 Å². The minimum absolute atomic E-state index is 0.0259. The third-order valence-electron chi connectivity index (χ3n) is 2.95. The molecule has 7 heteroatoms. The van der Waals surface area contributed by atoms with Crippen molar-refractivity contribution in [2.75, 3.05) is 32.0 Å². The van der Waals surface area contributed by atoms with E-state index in [9.17, 15) is 13.2 Å². The standard InChI is InChI=1S/C14H20BrNO4S/c1-3-16(11-14(17)20-4-2)9-10-21(18,19)13-7-5-12(15)6-8-13/h5-8H,3-4,9-11H2,1-2H3. The first kappa shape index (κ1) is 18.1. The summed E-state index contributed by atoms with van der Waals surface area (Å²) < 4.78 is 30.1. The molecule has 0 unspecified atom stereocenters. The van der Waals surface area contributed by atoms with Gasteiger partial charge in [0.1, 0.15) is 0 Å². The lowest BCUT2D eigenvalue weighted by Gasteiger charge is -2.19. The Hall–Kier alpha value is -0.920. The van der Waals surface area contributed by atoms with Gasteiger partial charge in [-0.2, -0.15) is 0 Å². The molecule has 1 rings (SSSR count). The van der Waals surface area contributed by atoms with Crippen LogP contribution < -0.4 is 0 Å². The first-order valence-corrected chi connectivity index (χ1v) is 9.20. The van der Waals surface area contributed by atoms with E-state index in [1.54, 1.807) is 36.1 Å². The minimum atomic E-state index is -3.34. The molecule has 0 N–H and O–H groups in total. The molecule has 0 saturated heterocycles. The molecule has 0 amide bonds. The fraction of sp³-hybridized carbons (Fsp3) is 0.500. The van der Waals surface area contributed by atoms with Gasteiger partial charge in [-0.25, -0.2) is 8.42 Å². The molecule has 1 aromatic carbocycles. The predicted octanol–water partition coefficient (Wildman–Crippen LogP) is 2.11. The summed E-state index contributed by atoms with van der Waals surface area (Å²) in [6.07, 6.45) is 0. The van der Waals surface area contributed by atoms with Gasteiger partial charge in [-0.05, 0) is 37.7 Å². The van der Waals surface area contributed by atoms with Crippen molar-refractivity contribution in [2.45, 2.75) is 18.7 Å². The number of likely N-dealkylation sites (N-methyl/N-ethyl adjacent to an activating group) is 1. The Morgan fingerprint density at radius 2 is 1.86 bits per heavy atom. The Labute approximate surface area is 134 Å². The third kappa shape index (κ3) is 6.15. The third-order valence-corrected chi connectivity index (χ3v) is 5.19. The van der Waals surface area contributed by atoms with Crippen LogP contribution in [-0.2, 0) is 19.4 Å². The number of hydrogen-bond donors (Lipinski definition) is 0. The zero-order valence-electron chi connectivity index (χ0n) is 12.2. The van der Waals surface area contributed by atoms with Gasteiger partial charge in [0.05, 0.1) is 23.8 Å². The normalized spacial score (nSPS) is 11.6. The van der Waals surface area contributed by atoms with Crippen LogP contribution in [-0.4, -0.2) is 51.3 Å². The van der Waals surface area contributed by atoms with Crippen molar-refractivity contribution in [3.05, 3.63) is 28.7 Å². The van der Waals surface area contributed by atoms with E-state index in [1.807, 2.05) is 6.92 Å². The molecule has 0 bridgehead atoms. The number of halogens is 1. The van der Waals surface area contributed by atoms with E-state index in [4.69, 9.17) is 4.74 Å². The molecule has 0 aliphatic rings. The van der Waals surface area contributed by atoms with Crippen LogP contribution in [0.25, 0.3) is 0 Å². The van der Waals surface area contributed by atoms with Crippen molar-refractivity contribution in [1.29, 1.82) is 0 Å². The second-order valence-corrected chi connectivity index (χ2v) is 7.47. The highest BCUT2D eigenvalue weighted by Crippen LogP contribution is 2.16. The number of sulfone groups is 1. The van der Waals surface area contributed by atoms with Crippen molar-refractivity contribution < 1.29 is 17.9 Å². The number of benzene rings is 1. The highest BCUT2D eigenvalue weighted by Gasteiger charge is 2.17. The van der Waals surface area contributed by atoms with E-state index in [1.165, 1.54) is 0 Å². The smallest absolute Gasteiger partial charge is 0.320 e. The van der Waals surface area contributed by atoms with E-state index in [0.717, 1.165) is 4.47 Å². The van der Waals surface area contributed by atoms with Gasteiger partial charge >= 0.3 is 5.97 Å². The number of hydrogen-bond acceptors (Lipinski definition) is 5. The van der Waals surface area contributed by atoms with Gasteiger partial charge < -0.3 is 4.74 Å². The van der Waals surface area contributed by atoms with Crippen molar-refractivity contribution in [1.82, 2.24) is 4.90 Å². The summed E-state index contributed by atoms with van der Waals surface area (Å²) in [6, 6.07) is 6.54. The van der Waals surface area contributed by atoms with Gasteiger partial charge in [-0.3, -0.25) is 9.69 Å². The lowest BCUT2D eigenvalue weighted by atomic mass is 10.4. The number of rotatable bonds is 8. The first-order chi connectivity index (χ1) is 9.89. The Bertz CT molecular complexity index is 557. The summed E-state index contributed by atoms with van der Waals surface area (Å²) in [7, 11) is -3.34. The summed E-state index contributed by atoms with van der Waals surface area (Å²) in [6.45, 7) is 4.95. The number of esters is 1. The molecule has 0 radical (unpaired) electrons. The van der Waals surface area contributed by atoms with Crippen molar-refractivity contribution >= 4 is 31.7 Å². The molecule has 0 aliphatic heterocycles. The first-order valence-electron chi connectivity index (χ1n) is 6.75.